The van der Waals surface area contributed by atoms with Gasteiger partial charge in [0.1, 0.15) is 5.82 Å². The van der Waals surface area contributed by atoms with E-state index in [9.17, 15) is 4.39 Å². The van der Waals surface area contributed by atoms with Gasteiger partial charge in [0.05, 0.1) is 13.2 Å². The fourth-order valence-electron chi connectivity index (χ4n) is 1.95. The standard InChI is InChI=1S/C13H14FN5OS/c14-9-2-1-3-10(8-9)21-13-17-11(15)16-12(18-13)19-4-6-20-7-5-19/h1-3,8H,4-7H2,(H2,15,16,17,18). The lowest BCUT2D eigenvalue weighted by molar-refractivity contribution is 0.122. The van der Waals surface area contributed by atoms with E-state index in [1.165, 1.54) is 23.9 Å². The Bertz CT molecular complexity index is 636. The maximum atomic E-state index is 13.2. The lowest BCUT2D eigenvalue weighted by Crippen LogP contribution is -2.37. The average molecular weight is 307 g/mol. The molecular weight excluding hydrogens is 293 g/mol. The zero-order valence-corrected chi connectivity index (χ0v) is 12.0. The summed E-state index contributed by atoms with van der Waals surface area (Å²) in [5.74, 6) is 0.394. The van der Waals surface area contributed by atoms with Crippen LogP contribution < -0.4 is 10.6 Å². The van der Waals surface area contributed by atoms with Gasteiger partial charge in [0.2, 0.25) is 11.9 Å². The molecule has 1 saturated heterocycles. The fourth-order valence-corrected chi connectivity index (χ4v) is 2.74. The molecule has 2 heterocycles. The molecule has 0 unspecified atom stereocenters. The van der Waals surface area contributed by atoms with Crippen LogP contribution in [0.2, 0.25) is 0 Å². The Labute approximate surface area is 125 Å². The molecule has 1 aliphatic heterocycles. The Hall–Kier alpha value is -1.93. The number of nitrogens with zero attached hydrogens (tertiary/aromatic N) is 4. The summed E-state index contributed by atoms with van der Waals surface area (Å²) < 4.78 is 18.5. The number of halogens is 1. The lowest BCUT2D eigenvalue weighted by Gasteiger charge is -2.26. The SMILES string of the molecule is Nc1nc(Sc2cccc(F)c2)nc(N2CCOCC2)n1. The molecule has 6 nitrogen and oxygen atoms in total. The van der Waals surface area contributed by atoms with E-state index in [1.807, 2.05) is 4.90 Å². The molecule has 110 valence electrons. The van der Waals surface area contributed by atoms with Crippen molar-refractivity contribution in [1.82, 2.24) is 15.0 Å². The van der Waals surface area contributed by atoms with Crippen molar-refractivity contribution in [2.75, 3.05) is 36.9 Å². The number of aromatic nitrogens is 3. The van der Waals surface area contributed by atoms with Crippen molar-refractivity contribution in [2.24, 2.45) is 0 Å². The number of anilines is 2. The van der Waals surface area contributed by atoms with Crippen molar-refractivity contribution >= 4 is 23.7 Å². The lowest BCUT2D eigenvalue weighted by atomic mass is 10.4. The Kier molecular flexibility index (Phi) is 4.16. The Morgan fingerprint density at radius 2 is 2.00 bits per heavy atom. The van der Waals surface area contributed by atoms with Gasteiger partial charge in [-0.2, -0.15) is 15.0 Å². The summed E-state index contributed by atoms with van der Waals surface area (Å²) in [6.45, 7) is 2.71. The predicted octanol–water partition coefficient (Wildman–Crippen LogP) is 1.58. The number of hydrogen-bond donors (Lipinski definition) is 1. The highest BCUT2D eigenvalue weighted by molar-refractivity contribution is 7.99. The van der Waals surface area contributed by atoms with Crippen LogP contribution in [0, 0.1) is 5.82 Å². The van der Waals surface area contributed by atoms with Crippen LogP contribution in [0.3, 0.4) is 0 Å². The van der Waals surface area contributed by atoms with Gasteiger partial charge in [0.15, 0.2) is 5.16 Å². The van der Waals surface area contributed by atoms with Gasteiger partial charge in [0.25, 0.3) is 0 Å². The van der Waals surface area contributed by atoms with E-state index < -0.39 is 0 Å². The van der Waals surface area contributed by atoms with Crippen molar-refractivity contribution in [3.05, 3.63) is 30.1 Å². The molecule has 0 saturated carbocycles. The van der Waals surface area contributed by atoms with Gasteiger partial charge in [0, 0.05) is 18.0 Å². The highest BCUT2D eigenvalue weighted by Gasteiger charge is 2.16. The number of morpholine rings is 1. The summed E-state index contributed by atoms with van der Waals surface area (Å²) in [5.41, 5.74) is 5.74. The van der Waals surface area contributed by atoms with Crippen molar-refractivity contribution in [3.8, 4) is 0 Å². The van der Waals surface area contributed by atoms with Crippen LogP contribution in [0.15, 0.2) is 34.3 Å². The molecule has 0 atom stereocenters. The van der Waals surface area contributed by atoms with E-state index in [4.69, 9.17) is 10.5 Å². The van der Waals surface area contributed by atoms with Gasteiger partial charge in [-0.1, -0.05) is 6.07 Å². The molecule has 0 radical (unpaired) electrons. The molecule has 1 aromatic carbocycles. The van der Waals surface area contributed by atoms with Crippen molar-refractivity contribution in [1.29, 1.82) is 0 Å². The molecule has 2 N–H and O–H groups in total. The predicted molar refractivity (Wildman–Crippen MR) is 77.8 cm³/mol. The third-order valence-electron chi connectivity index (χ3n) is 2.92. The van der Waals surface area contributed by atoms with Crippen molar-refractivity contribution in [3.63, 3.8) is 0 Å². The zero-order valence-electron chi connectivity index (χ0n) is 11.2. The van der Waals surface area contributed by atoms with E-state index in [0.29, 0.717) is 42.3 Å². The second-order valence-electron chi connectivity index (χ2n) is 4.44. The minimum atomic E-state index is -0.296. The maximum absolute atomic E-state index is 13.2. The molecule has 1 aliphatic rings. The van der Waals surface area contributed by atoms with E-state index in [2.05, 4.69) is 15.0 Å². The third-order valence-corrected chi connectivity index (χ3v) is 3.77. The van der Waals surface area contributed by atoms with Crippen LogP contribution in [0.5, 0.6) is 0 Å². The Morgan fingerprint density at radius 1 is 1.19 bits per heavy atom. The number of nitrogens with two attached hydrogens (primary N) is 1. The van der Waals surface area contributed by atoms with Gasteiger partial charge in [-0.15, -0.1) is 0 Å². The van der Waals surface area contributed by atoms with E-state index in [0.717, 1.165) is 0 Å². The van der Waals surface area contributed by atoms with Crippen LogP contribution >= 0.6 is 11.8 Å². The molecule has 3 rings (SSSR count). The van der Waals surface area contributed by atoms with Crippen LogP contribution in [-0.2, 0) is 4.74 Å². The van der Waals surface area contributed by atoms with Gasteiger partial charge < -0.3 is 15.4 Å². The number of benzene rings is 1. The van der Waals surface area contributed by atoms with Gasteiger partial charge in [-0.05, 0) is 30.0 Å². The Morgan fingerprint density at radius 3 is 2.76 bits per heavy atom. The number of rotatable bonds is 3. The largest absolute Gasteiger partial charge is 0.378 e. The third kappa shape index (κ3) is 3.59. The topological polar surface area (TPSA) is 77.2 Å². The molecule has 1 aromatic heterocycles. The van der Waals surface area contributed by atoms with Gasteiger partial charge in [-0.3, -0.25) is 0 Å². The highest BCUT2D eigenvalue weighted by Crippen LogP contribution is 2.26. The minimum Gasteiger partial charge on any atom is -0.378 e. The first-order chi connectivity index (χ1) is 10.2. The van der Waals surface area contributed by atoms with Crippen molar-refractivity contribution in [2.45, 2.75) is 10.1 Å². The number of hydrogen-bond acceptors (Lipinski definition) is 7. The molecule has 0 spiro atoms. The summed E-state index contributed by atoms with van der Waals surface area (Å²) in [7, 11) is 0. The monoisotopic (exact) mass is 307 g/mol. The first-order valence-electron chi connectivity index (χ1n) is 6.48. The van der Waals surface area contributed by atoms with Gasteiger partial charge in [-0.25, -0.2) is 4.39 Å². The quantitative estimate of drug-likeness (QED) is 0.922. The van der Waals surface area contributed by atoms with E-state index in [-0.39, 0.29) is 11.8 Å². The smallest absolute Gasteiger partial charge is 0.231 e. The summed E-state index contributed by atoms with van der Waals surface area (Å²) in [4.78, 5) is 15.4. The van der Waals surface area contributed by atoms with Crippen LogP contribution in [0.1, 0.15) is 0 Å². The number of ether oxygens (including phenoxy) is 1. The fraction of sp³-hybridized carbons (Fsp3) is 0.308. The summed E-state index contributed by atoms with van der Waals surface area (Å²) >= 11 is 1.25. The summed E-state index contributed by atoms with van der Waals surface area (Å²) in [5, 5.41) is 0.453. The molecule has 0 bridgehead atoms. The van der Waals surface area contributed by atoms with Gasteiger partial charge >= 0.3 is 0 Å². The highest BCUT2D eigenvalue weighted by atomic mass is 32.2. The number of nitrogen functional groups attached to an aromatic ring is 1. The normalized spacial score (nSPS) is 15.2. The summed E-state index contributed by atoms with van der Waals surface area (Å²) in [6, 6.07) is 6.26. The van der Waals surface area contributed by atoms with Crippen LogP contribution in [0.25, 0.3) is 0 Å². The van der Waals surface area contributed by atoms with Crippen LogP contribution in [-0.4, -0.2) is 41.3 Å². The van der Waals surface area contributed by atoms with Crippen LogP contribution in [0.4, 0.5) is 16.3 Å². The molecular formula is C13H14FN5OS. The molecule has 8 heteroatoms. The molecule has 0 aliphatic carbocycles. The maximum Gasteiger partial charge on any atom is 0.231 e. The minimum absolute atomic E-state index is 0.158. The average Bonchev–Trinajstić information content (AvgIpc) is 2.47. The Balaban J connectivity index is 1.83. The second-order valence-corrected chi connectivity index (χ2v) is 5.48. The zero-order chi connectivity index (χ0) is 14.7. The van der Waals surface area contributed by atoms with Crippen molar-refractivity contribution < 1.29 is 9.13 Å². The van der Waals surface area contributed by atoms with E-state index >= 15 is 0 Å². The summed E-state index contributed by atoms with van der Waals surface area (Å²) in [6.07, 6.45) is 0. The molecule has 0 amide bonds. The van der Waals surface area contributed by atoms with E-state index in [1.54, 1.807) is 12.1 Å². The first kappa shape index (κ1) is 14.0. The molecule has 1 fully saturated rings. The second kappa shape index (κ2) is 6.23. The molecule has 2 aromatic rings. The first-order valence-corrected chi connectivity index (χ1v) is 7.30. The molecule has 21 heavy (non-hydrogen) atoms.